The summed E-state index contributed by atoms with van der Waals surface area (Å²) >= 11 is 0. The van der Waals surface area contributed by atoms with Gasteiger partial charge in [-0.3, -0.25) is 0 Å². The van der Waals surface area contributed by atoms with Gasteiger partial charge in [0.25, 0.3) is 0 Å². The van der Waals surface area contributed by atoms with Crippen LogP contribution >= 0.6 is 0 Å². The van der Waals surface area contributed by atoms with Crippen LogP contribution < -0.4 is 0 Å². The zero-order valence-corrected chi connectivity index (χ0v) is 9.89. The van der Waals surface area contributed by atoms with Crippen LogP contribution in [-0.4, -0.2) is 6.18 Å². The third kappa shape index (κ3) is 1.83. The van der Waals surface area contributed by atoms with Crippen LogP contribution in [0.15, 0.2) is 60.7 Å². The minimum absolute atomic E-state index is 0.149. The molecule has 0 radical (unpaired) electrons. The second kappa shape index (κ2) is 4.10. The number of ether oxygens (including phenoxy) is 1. The van der Waals surface area contributed by atoms with Gasteiger partial charge < -0.3 is 4.74 Å². The van der Waals surface area contributed by atoms with Gasteiger partial charge in [-0.15, -0.1) is 0 Å². The summed E-state index contributed by atoms with van der Waals surface area (Å²) in [6.45, 7) is 0. The van der Waals surface area contributed by atoms with E-state index in [4.69, 9.17) is 4.74 Å². The molecule has 0 N–H and O–H groups in total. The molecule has 2 aromatic rings. The quantitative estimate of drug-likeness (QED) is 0.740. The molecule has 3 rings (SSSR count). The lowest BCUT2D eigenvalue weighted by Crippen LogP contribution is -2.31. The lowest BCUT2D eigenvalue weighted by atomic mass is 9.91. The zero-order valence-electron chi connectivity index (χ0n) is 9.89. The van der Waals surface area contributed by atoms with Crippen LogP contribution in [0.3, 0.4) is 0 Å². The Kier molecular flexibility index (Phi) is 2.64. The van der Waals surface area contributed by atoms with Crippen molar-refractivity contribution in [1.82, 2.24) is 0 Å². The molecule has 1 aliphatic heterocycles. The van der Waals surface area contributed by atoms with E-state index >= 15 is 0 Å². The fourth-order valence-corrected chi connectivity index (χ4v) is 2.37. The first-order chi connectivity index (χ1) is 9.06. The topological polar surface area (TPSA) is 12.5 Å². The number of epoxide rings is 1. The van der Waals surface area contributed by atoms with Gasteiger partial charge in [-0.05, 0) is 11.1 Å². The lowest BCUT2D eigenvalue weighted by molar-refractivity contribution is -0.187. The van der Waals surface area contributed by atoms with Gasteiger partial charge in [-0.25, -0.2) is 0 Å². The molecule has 1 saturated heterocycles. The van der Waals surface area contributed by atoms with Crippen LogP contribution in [0.25, 0.3) is 0 Å². The highest BCUT2D eigenvalue weighted by molar-refractivity contribution is 5.37. The van der Waals surface area contributed by atoms with E-state index in [1.807, 2.05) is 0 Å². The van der Waals surface area contributed by atoms with Gasteiger partial charge in [-0.2, -0.15) is 13.2 Å². The molecular weight excluding hydrogens is 253 g/mol. The third-order valence-corrected chi connectivity index (χ3v) is 3.34. The van der Waals surface area contributed by atoms with Crippen LogP contribution in [-0.2, 0) is 10.3 Å². The van der Waals surface area contributed by atoms with E-state index < -0.39 is 17.9 Å². The largest absolute Gasteiger partial charge is 0.424 e. The van der Waals surface area contributed by atoms with Crippen LogP contribution in [0.2, 0.25) is 0 Å². The summed E-state index contributed by atoms with van der Waals surface area (Å²) in [5.74, 6) is 0. The maximum absolute atomic E-state index is 13.4. The van der Waals surface area contributed by atoms with Crippen molar-refractivity contribution in [2.45, 2.75) is 17.9 Å². The molecule has 0 aliphatic carbocycles. The highest BCUT2D eigenvalue weighted by Crippen LogP contribution is 2.64. The SMILES string of the molecule is FC(F)(F)[C@]1(c2ccccc2)O[C@@H]1c1ccccc1. The van der Waals surface area contributed by atoms with Gasteiger partial charge in [-0.1, -0.05) is 60.7 Å². The minimum atomic E-state index is -4.44. The Morgan fingerprint density at radius 2 is 1.37 bits per heavy atom. The molecule has 1 aliphatic rings. The predicted octanol–water partition coefficient (Wildman–Crippen LogP) is 4.22. The maximum atomic E-state index is 13.4. The number of benzene rings is 2. The van der Waals surface area contributed by atoms with Gasteiger partial charge in [0.2, 0.25) is 5.60 Å². The number of halogens is 3. The molecule has 0 amide bonds. The molecule has 0 bridgehead atoms. The number of hydrogen-bond acceptors (Lipinski definition) is 1. The van der Waals surface area contributed by atoms with E-state index in [2.05, 4.69) is 0 Å². The highest BCUT2D eigenvalue weighted by atomic mass is 19.4. The summed E-state index contributed by atoms with van der Waals surface area (Å²) in [6, 6.07) is 16.3. The Hall–Kier alpha value is -1.81. The fourth-order valence-electron chi connectivity index (χ4n) is 2.37. The molecule has 19 heavy (non-hydrogen) atoms. The van der Waals surface area contributed by atoms with Crippen LogP contribution in [0.4, 0.5) is 13.2 Å². The molecule has 0 saturated carbocycles. The van der Waals surface area contributed by atoms with Crippen molar-refractivity contribution in [1.29, 1.82) is 0 Å². The van der Waals surface area contributed by atoms with Gasteiger partial charge >= 0.3 is 6.18 Å². The predicted molar refractivity (Wildman–Crippen MR) is 64.4 cm³/mol. The van der Waals surface area contributed by atoms with Crippen molar-refractivity contribution >= 4 is 0 Å². The molecule has 2 atom stereocenters. The average Bonchev–Trinajstić information content (AvgIpc) is 3.17. The normalized spacial score (nSPS) is 26.2. The Labute approximate surface area is 108 Å². The van der Waals surface area contributed by atoms with Gasteiger partial charge in [0, 0.05) is 0 Å². The minimum Gasteiger partial charge on any atom is -0.346 e. The molecule has 2 aromatic carbocycles. The smallest absolute Gasteiger partial charge is 0.346 e. The zero-order chi connectivity index (χ0) is 13.5. The van der Waals surface area contributed by atoms with E-state index in [0.29, 0.717) is 5.56 Å². The summed E-state index contributed by atoms with van der Waals surface area (Å²) < 4.78 is 45.3. The van der Waals surface area contributed by atoms with E-state index in [0.717, 1.165) is 0 Å². The summed E-state index contributed by atoms with van der Waals surface area (Å²) in [7, 11) is 0. The van der Waals surface area contributed by atoms with E-state index in [1.165, 1.54) is 12.1 Å². The van der Waals surface area contributed by atoms with Crippen molar-refractivity contribution in [2.24, 2.45) is 0 Å². The first kappa shape index (κ1) is 12.2. The van der Waals surface area contributed by atoms with Gasteiger partial charge in [0.1, 0.15) is 6.10 Å². The van der Waals surface area contributed by atoms with Gasteiger partial charge in [0.15, 0.2) is 0 Å². The van der Waals surface area contributed by atoms with E-state index in [9.17, 15) is 13.2 Å². The Bertz CT molecular complexity index is 565. The summed E-state index contributed by atoms with van der Waals surface area (Å²) in [5, 5.41) is 0. The first-order valence-electron chi connectivity index (χ1n) is 5.91. The molecular formula is C15H11F3O. The monoisotopic (exact) mass is 264 g/mol. The number of rotatable bonds is 2. The van der Waals surface area contributed by atoms with Crippen LogP contribution in [0.1, 0.15) is 17.2 Å². The molecule has 0 unspecified atom stereocenters. The van der Waals surface area contributed by atoms with Crippen LogP contribution in [0, 0.1) is 0 Å². The second-order valence-corrected chi connectivity index (χ2v) is 4.51. The lowest BCUT2D eigenvalue weighted by Gasteiger charge is -2.17. The summed E-state index contributed by atoms with van der Waals surface area (Å²) in [4.78, 5) is 0. The Morgan fingerprint density at radius 1 is 0.842 bits per heavy atom. The molecule has 1 fully saturated rings. The van der Waals surface area contributed by atoms with E-state index in [1.54, 1.807) is 48.5 Å². The molecule has 1 nitrogen and oxygen atoms in total. The van der Waals surface area contributed by atoms with Crippen molar-refractivity contribution in [3.05, 3.63) is 71.8 Å². The molecule has 0 spiro atoms. The first-order valence-corrected chi connectivity index (χ1v) is 5.91. The third-order valence-electron chi connectivity index (χ3n) is 3.34. The van der Waals surface area contributed by atoms with Crippen molar-refractivity contribution < 1.29 is 17.9 Å². The molecule has 0 aromatic heterocycles. The van der Waals surface area contributed by atoms with Crippen molar-refractivity contribution in [3.8, 4) is 0 Å². The molecule has 98 valence electrons. The summed E-state index contributed by atoms with van der Waals surface area (Å²) in [5.41, 5.74) is -1.50. The highest BCUT2D eigenvalue weighted by Gasteiger charge is 2.74. The average molecular weight is 264 g/mol. The standard InChI is InChI=1S/C15H11F3O/c16-15(17,18)14(12-9-5-2-6-10-12)13(19-14)11-7-3-1-4-8-11/h1-10,13H/t13-,14-/m1/s1. The fraction of sp³-hybridized carbons (Fsp3) is 0.200. The summed E-state index contributed by atoms with van der Waals surface area (Å²) in [6.07, 6.45) is -5.40. The number of alkyl halides is 3. The Balaban J connectivity index is 2.04. The Morgan fingerprint density at radius 3 is 1.89 bits per heavy atom. The molecule has 4 heteroatoms. The molecule has 1 heterocycles. The maximum Gasteiger partial charge on any atom is 0.424 e. The second-order valence-electron chi connectivity index (χ2n) is 4.51. The van der Waals surface area contributed by atoms with Gasteiger partial charge in [0.05, 0.1) is 0 Å². The van der Waals surface area contributed by atoms with Crippen molar-refractivity contribution in [2.75, 3.05) is 0 Å². The van der Waals surface area contributed by atoms with Crippen molar-refractivity contribution in [3.63, 3.8) is 0 Å². The van der Waals surface area contributed by atoms with E-state index in [-0.39, 0.29) is 5.56 Å². The number of hydrogen-bond donors (Lipinski definition) is 0. The van der Waals surface area contributed by atoms with Crippen LogP contribution in [0.5, 0.6) is 0 Å².